The fourth-order valence-corrected chi connectivity index (χ4v) is 0.128. The fourth-order valence-electron chi connectivity index (χ4n) is 0.128. The van der Waals surface area contributed by atoms with Crippen LogP contribution in [0.25, 0.3) is 0 Å². The fraction of sp³-hybridized carbons (Fsp3) is 0.400. The van der Waals surface area contributed by atoms with E-state index in [9.17, 15) is 14.4 Å². The van der Waals surface area contributed by atoms with Gasteiger partial charge < -0.3 is 0 Å². The molecule has 0 atom stereocenters. The maximum Gasteiger partial charge on any atom is 0.563 e. The summed E-state index contributed by atoms with van der Waals surface area (Å²) >= 11 is 0. The largest absolute Gasteiger partial charge is 0.563 e. The maximum atomic E-state index is 9.97. The van der Waals surface area contributed by atoms with Gasteiger partial charge in [0, 0.05) is 10.3 Å². The van der Waals surface area contributed by atoms with Crippen LogP contribution in [0.15, 0.2) is 10.3 Å². The molecule has 12 heavy (non-hydrogen) atoms. The molecule has 0 amide bonds. The molecule has 0 rings (SSSR count). The Hall–Kier alpha value is -1.97. The molecule has 0 N–H and O–H groups in total. The normalized spacial score (nSPS) is 5.83. The molecule has 7 nitrogen and oxygen atoms in total. The van der Waals surface area contributed by atoms with Crippen LogP contribution in [0.1, 0.15) is 13.8 Å². The predicted molar refractivity (Wildman–Crippen MR) is 35.2 cm³/mol. The van der Waals surface area contributed by atoms with E-state index in [1.807, 2.05) is 13.8 Å². The second-order valence-electron chi connectivity index (χ2n) is 0.798. The van der Waals surface area contributed by atoms with Crippen LogP contribution in [0, 0.1) is 0 Å². The minimum absolute atomic E-state index is 0.887. The zero-order valence-corrected chi connectivity index (χ0v) is 6.44. The third-order valence-electron chi connectivity index (χ3n) is 0.315. The zero-order valence-electron chi connectivity index (χ0n) is 6.44. The summed E-state index contributed by atoms with van der Waals surface area (Å²) in [6.07, 6.45) is 0.363. The minimum atomic E-state index is -1.41. The molecular formula is C5H6N2O5. The lowest BCUT2D eigenvalue weighted by atomic mass is 11.0. The van der Waals surface area contributed by atoms with Crippen molar-refractivity contribution in [1.29, 1.82) is 0 Å². The average molecular weight is 174 g/mol. The summed E-state index contributed by atoms with van der Waals surface area (Å²) in [6.45, 7) is 4.00. The third kappa shape index (κ3) is 10.9. The van der Waals surface area contributed by atoms with Gasteiger partial charge in [-0.15, -0.1) is 0 Å². The van der Waals surface area contributed by atoms with Crippen molar-refractivity contribution >= 4 is 18.3 Å². The van der Waals surface area contributed by atoms with E-state index in [0.29, 0.717) is 0 Å². The molecule has 0 radical (unpaired) electrons. The zero-order chi connectivity index (χ0) is 9.82. The molecule has 0 aromatic heterocycles. The monoisotopic (exact) mass is 174 g/mol. The molecule has 0 aliphatic carbocycles. The summed E-state index contributed by atoms with van der Waals surface area (Å²) < 4.78 is 0. The number of carbonyl (C=O) groups is 1. The Kier molecular flexibility index (Phi) is 12.5. The molecule has 0 aromatic carbocycles. The second-order valence-corrected chi connectivity index (χ2v) is 0.798. The Bertz CT molecular complexity index is 192. The first-order chi connectivity index (χ1) is 5.81. The smallest absolute Gasteiger partial charge is 0.269 e. The van der Waals surface area contributed by atoms with Crippen molar-refractivity contribution in [2.75, 3.05) is 0 Å². The van der Waals surface area contributed by atoms with Crippen LogP contribution in [-0.4, -0.2) is 18.3 Å². The molecule has 0 aliphatic heterocycles. The summed E-state index contributed by atoms with van der Waals surface area (Å²) in [4.78, 5) is 35.6. The Labute approximate surface area is 67.6 Å². The Balaban J connectivity index is 0. The first kappa shape index (κ1) is 12.7. The highest BCUT2D eigenvalue weighted by molar-refractivity contribution is 5.60. The van der Waals surface area contributed by atoms with E-state index in [-0.39, 0.29) is 0 Å². The topological polar surface area (TPSA) is 94.4 Å². The molecule has 0 aromatic rings. The van der Waals surface area contributed by atoms with Gasteiger partial charge in [0.25, 0.3) is 12.2 Å². The van der Waals surface area contributed by atoms with E-state index in [4.69, 9.17) is 0 Å². The highest BCUT2D eigenvalue weighted by Crippen LogP contribution is 1.83. The van der Waals surface area contributed by atoms with Gasteiger partial charge in [0.1, 0.15) is 0 Å². The number of carbonyl (C=O) groups excluding carboxylic acids is 3. The van der Waals surface area contributed by atoms with Gasteiger partial charge in [-0.2, -0.15) is 4.79 Å². The molecule has 0 heterocycles. The van der Waals surface area contributed by atoms with E-state index >= 15 is 0 Å². The van der Waals surface area contributed by atoms with E-state index in [1.165, 1.54) is 0 Å². The highest BCUT2D eigenvalue weighted by atomic mass is 16.8. The first-order valence-electron chi connectivity index (χ1n) is 2.83. The molecule has 66 valence electrons. The van der Waals surface area contributed by atoms with Crippen LogP contribution in [0.3, 0.4) is 0 Å². The number of isocyanates is 2. The lowest BCUT2D eigenvalue weighted by Gasteiger charge is -1.85. The van der Waals surface area contributed by atoms with Crippen LogP contribution < -0.4 is 0 Å². The predicted octanol–water partition coefficient (Wildman–Crippen LogP) is 0.667. The van der Waals surface area contributed by atoms with Gasteiger partial charge >= 0.3 is 6.16 Å². The van der Waals surface area contributed by atoms with Crippen LogP contribution in [0.2, 0.25) is 0 Å². The molecule has 7 heteroatoms. The van der Waals surface area contributed by atoms with E-state index in [0.717, 1.165) is 12.2 Å². The molecule has 0 fully saturated rings. The Morgan fingerprint density at radius 3 is 1.67 bits per heavy atom. The quantitative estimate of drug-likeness (QED) is 0.265. The number of nitrogens with zero attached hydrogens (tertiary/aromatic N) is 2. The average Bonchev–Trinajstić information content (AvgIpc) is 2.14. The molecular weight excluding hydrogens is 168 g/mol. The Morgan fingerprint density at radius 1 is 1.08 bits per heavy atom. The van der Waals surface area contributed by atoms with Crippen LogP contribution in [0.5, 0.6) is 0 Å². The van der Waals surface area contributed by atoms with Gasteiger partial charge in [0.15, 0.2) is 0 Å². The van der Waals surface area contributed by atoms with Gasteiger partial charge in [0.2, 0.25) is 0 Å². The molecule has 0 aliphatic rings. The molecule has 0 spiro atoms. The lowest BCUT2D eigenvalue weighted by molar-refractivity contribution is 0.0594. The summed E-state index contributed by atoms with van der Waals surface area (Å²) in [5, 5.41) is 4.71. The van der Waals surface area contributed by atoms with Gasteiger partial charge in [-0.25, -0.2) is 9.59 Å². The van der Waals surface area contributed by atoms with Crippen molar-refractivity contribution in [2.24, 2.45) is 10.3 Å². The van der Waals surface area contributed by atoms with Crippen molar-refractivity contribution in [3.8, 4) is 0 Å². The molecule has 0 bridgehead atoms. The van der Waals surface area contributed by atoms with Crippen molar-refractivity contribution in [2.45, 2.75) is 13.8 Å². The number of hydrogen-bond acceptors (Lipinski definition) is 7. The van der Waals surface area contributed by atoms with Crippen LogP contribution in [-0.2, 0) is 19.3 Å². The van der Waals surface area contributed by atoms with Crippen molar-refractivity contribution < 1.29 is 24.1 Å². The van der Waals surface area contributed by atoms with Crippen LogP contribution in [0.4, 0.5) is 4.79 Å². The second kappa shape index (κ2) is 11.8. The van der Waals surface area contributed by atoms with Gasteiger partial charge in [-0.3, -0.25) is 9.68 Å². The SMILES string of the molecule is CC.O=C=NOC(=O)ON=C=O. The third-order valence-corrected chi connectivity index (χ3v) is 0.315. The Morgan fingerprint density at radius 2 is 1.42 bits per heavy atom. The number of rotatable bonds is 2. The number of hydrogen-bond donors (Lipinski definition) is 0. The van der Waals surface area contributed by atoms with Gasteiger partial charge in [0.05, 0.1) is 0 Å². The van der Waals surface area contributed by atoms with E-state index in [1.54, 1.807) is 0 Å². The highest BCUT2D eigenvalue weighted by Gasteiger charge is 2.00. The van der Waals surface area contributed by atoms with Crippen molar-refractivity contribution in [3.05, 3.63) is 0 Å². The lowest BCUT2D eigenvalue weighted by Crippen LogP contribution is -1.97. The molecule has 0 unspecified atom stereocenters. The minimum Gasteiger partial charge on any atom is -0.269 e. The summed E-state index contributed by atoms with van der Waals surface area (Å²) in [5.74, 6) is 0. The molecule has 0 saturated carbocycles. The van der Waals surface area contributed by atoms with Crippen molar-refractivity contribution in [1.82, 2.24) is 0 Å². The standard InChI is InChI=1S/C3N2O5.C2H6/c6-1-4-9-3(8)10-5-2-7;1-2/h;1-2H3. The summed E-state index contributed by atoms with van der Waals surface area (Å²) in [7, 11) is 0. The molecule has 0 saturated heterocycles. The van der Waals surface area contributed by atoms with E-state index in [2.05, 4.69) is 20.0 Å². The van der Waals surface area contributed by atoms with Crippen LogP contribution >= 0.6 is 0 Å². The first-order valence-corrected chi connectivity index (χ1v) is 2.83. The van der Waals surface area contributed by atoms with Gasteiger partial charge in [-0.05, 0) is 0 Å². The van der Waals surface area contributed by atoms with Crippen molar-refractivity contribution in [3.63, 3.8) is 0 Å². The maximum absolute atomic E-state index is 9.97. The summed E-state index contributed by atoms with van der Waals surface area (Å²) in [5.41, 5.74) is 0. The van der Waals surface area contributed by atoms with E-state index < -0.39 is 6.16 Å². The summed E-state index contributed by atoms with van der Waals surface area (Å²) in [6, 6.07) is 0. The van der Waals surface area contributed by atoms with Gasteiger partial charge in [-0.1, -0.05) is 13.8 Å².